The molecule has 0 aromatic heterocycles. The van der Waals surface area contributed by atoms with Crippen molar-refractivity contribution >= 4 is 17.9 Å². The highest BCUT2D eigenvalue weighted by molar-refractivity contribution is 6.15. The first-order chi connectivity index (χ1) is 13.0. The van der Waals surface area contributed by atoms with E-state index in [4.69, 9.17) is 0 Å². The van der Waals surface area contributed by atoms with Gasteiger partial charge in [0.05, 0.1) is 11.1 Å². The molecule has 1 saturated carbocycles. The van der Waals surface area contributed by atoms with Gasteiger partial charge in [0.25, 0.3) is 0 Å². The maximum Gasteiger partial charge on any atom is 0.416 e. The van der Waals surface area contributed by atoms with E-state index in [0.29, 0.717) is 35.1 Å². The van der Waals surface area contributed by atoms with Gasteiger partial charge in [-0.2, -0.15) is 26.3 Å². The molecule has 0 radical (unpaired) electrons. The minimum atomic E-state index is -4.42. The van der Waals surface area contributed by atoms with Crippen molar-refractivity contribution in [2.24, 2.45) is 0 Å². The van der Waals surface area contributed by atoms with Crippen molar-refractivity contribution in [2.75, 3.05) is 0 Å². The van der Waals surface area contributed by atoms with Crippen molar-refractivity contribution in [3.8, 4) is 0 Å². The number of allylic oxidation sites excluding steroid dienone is 2. The fraction of sp³-hybridized carbons (Fsp3) is 0.190. The molecule has 3 rings (SSSR count). The quantitative estimate of drug-likeness (QED) is 0.415. The van der Waals surface area contributed by atoms with Gasteiger partial charge in [0, 0.05) is 11.1 Å². The monoisotopic (exact) mass is 396 g/mol. The van der Waals surface area contributed by atoms with Crippen LogP contribution in [0.15, 0.2) is 59.7 Å². The first-order valence-corrected chi connectivity index (χ1v) is 8.34. The maximum absolute atomic E-state index is 12.6. The van der Waals surface area contributed by atoms with Gasteiger partial charge < -0.3 is 0 Å². The molecule has 1 fully saturated rings. The van der Waals surface area contributed by atoms with Crippen molar-refractivity contribution in [1.82, 2.24) is 0 Å². The van der Waals surface area contributed by atoms with Gasteiger partial charge in [-0.3, -0.25) is 4.79 Å². The van der Waals surface area contributed by atoms with Crippen LogP contribution in [0.4, 0.5) is 26.3 Å². The third kappa shape index (κ3) is 4.52. The van der Waals surface area contributed by atoms with Crippen molar-refractivity contribution in [3.05, 3.63) is 81.9 Å². The Labute approximate surface area is 157 Å². The molecule has 2 aromatic rings. The Morgan fingerprint density at radius 2 is 0.929 bits per heavy atom. The van der Waals surface area contributed by atoms with Gasteiger partial charge in [-0.25, -0.2) is 0 Å². The van der Waals surface area contributed by atoms with E-state index in [2.05, 4.69) is 0 Å². The summed E-state index contributed by atoms with van der Waals surface area (Å²) in [6, 6.07) is 8.97. The van der Waals surface area contributed by atoms with E-state index in [1.54, 1.807) is 0 Å². The number of alkyl halides is 6. The number of benzene rings is 2. The zero-order valence-corrected chi connectivity index (χ0v) is 14.4. The number of Topliss-reactive ketones (excluding diaryl/α,β-unsaturated/α-hetero) is 1. The molecule has 0 saturated heterocycles. The van der Waals surface area contributed by atoms with Crippen LogP contribution in [0.2, 0.25) is 0 Å². The van der Waals surface area contributed by atoms with Crippen LogP contribution in [0, 0.1) is 0 Å². The van der Waals surface area contributed by atoms with Crippen molar-refractivity contribution in [2.45, 2.75) is 25.2 Å². The topological polar surface area (TPSA) is 17.1 Å². The van der Waals surface area contributed by atoms with Crippen LogP contribution in [-0.4, -0.2) is 5.78 Å². The molecule has 146 valence electrons. The maximum atomic E-state index is 12.6. The molecular formula is C21H14F6O. The Morgan fingerprint density at radius 3 is 1.21 bits per heavy atom. The Balaban J connectivity index is 1.77. The van der Waals surface area contributed by atoms with Gasteiger partial charge in [-0.15, -0.1) is 0 Å². The fourth-order valence-corrected chi connectivity index (χ4v) is 2.92. The van der Waals surface area contributed by atoms with E-state index in [1.807, 2.05) is 0 Å². The highest BCUT2D eigenvalue weighted by Gasteiger charge is 2.31. The van der Waals surface area contributed by atoms with Crippen LogP contribution >= 0.6 is 0 Å². The lowest BCUT2D eigenvalue weighted by Crippen LogP contribution is -2.04. The fourth-order valence-electron chi connectivity index (χ4n) is 2.92. The number of ketones is 1. The normalized spacial score (nSPS) is 18.3. The molecule has 0 atom stereocenters. The predicted molar refractivity (Wildman–Crippen MR) is 93.1 cm³/mol. The molecule has 0 N–H and O–H groups in total. The Kier molecular flexibility index (Phi) is 5.19. The second-order valence-electron chi connectivity index (χ2n) is 6.41. The molecule has 1 aliphatic carbocycles. The highest BCUT2D eigenvalue weighted by atomic mass is 19.4. The SMILES string of the molecule is O=C1/C(=C/c2ccc(C(F)(F)F)cc2)CC/C1=C\c1ccc(C(F)(F)F)cc1. The van der Waals surface area contributed by atoms with Gasteiger partial charge in [0.1, 0.15) is 0 Å². The molecule has 1 nitrogen and oxygen atoms in total. The molecule has 2 aromatic carbocycles. The molecule has 0 amide bonds. The first-order valence-electron chi connectivity index (χ1n) is 8.34. The number of carbonyl (C=O) groups is 1. The van der Waals surface area contributed by atoms with E-state index in [-0.39, 0.29) is 5.78 Å². The summed E-state index contributed by atoms with van der Waals surface area (Å²) in [5, 5.41) is 0. The van der Waals surface area contributed by atoms with Gasteiger partial charge in [0.15, 0.2) is 5.78 Å². The zero-order chi connectivity index (χ0) is 20.5. The molecule has 0 spiro atoms. The lowest BCUT2D eigenvalue weighted by molar-refractivity contribution is -0.138. The minimum absolute atomic E-state index is 0.250. The van der Waals surface area contributed by atoms with Crippen LogP contribution < -0.4 is 0 Å². The average Bonchev–Trinajstić information content (AvgIpc) is 2.94. The predicted octanol–water partition coefficient (Wildman–Crippen LogP) is 6.55. The van der Waals surface area contributed by atoms with E-state index in [1.165, 1.54) is 36.4 Å². The van der Waals surface area contributed by atoms with Crippen LogP contribution in [0.3, 0.4) is 0 Å². The van der Waals surface area contributed by atoms with Gasteiger partial charge in [0.2, 0.25) is 0 Å². The molecular weight excluding hydrogens is 382 g/mol. The molecule has 0 aliphatic heterocycles. The molecule has 28 heavy (non-hydrogen) atoms. The van der Waals surface area contributed by atoms with E-state index in [0.717, 1.165) is 24.3 Å². The Hall–Kier alpha value is -2.83. The molecule has 7 heteroatoms. The van der Waals surface area contributed by atoms with E-state index >= 15 is 0 Å². The Bertz CT molecular complexity index is 851. The van der Waals surface area contributed by atoms with Crippen molar-refractivity contribution in [1.29, 1.82) is 0 Å². The number of halogens is 6. The lowest BCUT2D eigenvalue weighted by atomic mass is 10.0. The molecule has 0 bridgehead atoms. The number of hydrogen-bond acceptors (Lipinski definition) is 1. The summed E-state index contributed by atoms with van der Waals surface area (Å²) in [6.07, 6.45) is -4.93. The summed E-state index contributed by atoms with van der Waals surface area (Å²) in [4.78, 5) is 12.5. The minimum Gasteiger partial charge on any atom is -0.289 e. The van der Waals surface area contributed by atoms with Gasteiger partial charge in [-0.1, -0.05) is 24.3 Å². The van der Waals surface area contributed by atoms with Crippen LogP contribution in [-0.2, 0) is 17.1 Å². The second kappa shape index (κ2) is 7.30. The number of hydrogen-bond donors (Lipinski definition) is 0. The summed E-state index contributed by atoms with van der Waals surface area (Å²) < 4.78 is 75.6. The number of carbonyl (C=O) groups excluding carboxylic acids is 1. The number of rotatable bonds is 2. The summed E-state index contributed by atoms with van der Waals surface area (Å²) in [5.41, 5.74) is 0.334. The van der Waals surface area contributed by atoms with Crippen molar-refractivity contribution < 1.29 is 31.1 Å². The first kappa shape index (κ1) is 19.9. The standard InChI is InChI=1S/C21H14F6O/c22-20(23,24)17-7-1-13(2-8-17)11-15-5-6-16(19(15)28)12-14-3-9-18(10-4-14)21(25,26)27/h1-4,7-12H,5-6H2/b15-11+,16-12+. The summed E-state index contributed by atoms with van der Waals surface area (Å²) in [5.74, 6) is -0.250. The van der Waals surface area contributed by atoms with E-state index in [9.17, 15) is 31.1 Å². The van der Waals surface area contributed by atoms with Crippen LogP contribution in [0.5, 0.6) is 0 Å². The third-order valence-electron chi connectivity index (χ3n) is 4.40. The zero-order valence-electron chi connectivity index (χ0n) is 14.4. The Morgan fingerprint density at radius 1 is 0.607 bits per heavy atom. The summed E-state index contributed by atoms with van der Waals surface area (Å²) in [7, 11) is 0. The largest absolute Gasteiger partial charge is 0.416 e. The summed E-state index contributed by atoms with van der Waals surface area (Å²) >= 11 is 0. The average molecular weight is 396 g/mol. The van der Waals surface area contributed by atoms with Crippen LogP contribution in [0.1, 0.15) is 35.1 Å². The second-order valence-corrected chi connectivity index (χ2v) is 6.41. The van der Waals surface area contributed by atoms with E-state index < -0.39 is 23.5 Å². The van der Waals surface area contributed by atoms with Gasteiger partial charge >= 0.3 is 12.4 Å². The van der Waals surface area contributed by atoms with Crippen LogP contribution in [0.25, 0.3) is 12.2 Å². The third-order valence-corrected chi connectivity index (χ3v) is 4.40. The highest BCUT2D eigenvalue weighted by Crippen LogP contribution is 2.33. The smallest absolute Gasteiger partial charge is 0.289 e. The molecule has 0 unspecified atom stereocenters. The lowest BCUT2D eigenvalue weighted by Gasteiger charge is -2.06. The summed E-state index contributed by atoms with van der Waals surface area (Å²) in [6.45, 7) is 0. The van der Waals surface area contributed by atoms with Gasteiger partial charge in [-0.05, 0) is 60.4 Å². The van der Waals surface area contributed by atoms with Crippen molar-refractivity contribution in [3.63, 3.8) is 0 Å². The molecule has 1 aliphatic rings. The molecule has 0 heterocycles.